The van der Waals surface area contributed by atoms with Gasteiger partial charge in [-0.15, -0.1) is 25.7 Å². The number of nitrogens with zero attached hydrogens (tertiary/aromatic N) is 6. The molecule has 408 valence electrons. The summed E-state index contributed by atoms with van der Waals surface area (Å²) in [4.78, 5) is 24.8. The number of hydrogen-bond acceptors (Lipinski definition) is 8. The lowest BCUT2D eigenvalue weighted by molar-refractivity contribution is 0.203. The normalized spacial score (nSPS) is 12.4. The van der Waals surface area contributed by atoms with Gasteiger partial charge in [0.1, 0.15) is 24.2 Å². The van der Waals surface area contributed by atoms with Gasteiger partial charge in [0.05, 0.1) is 29.8 Å². The molecule has 77 heavy (non-hydrogen) atoms. The fourth-order valence-corrected chi connectivity index (χ4v) is 6.94. The van der Waals surface area contributed by atoms with E-state index in [4.69, 9.17) is 35.2 Å². The first kappa shape index (κ1) is 65.8. The Bertz CT molecular complexity index is 2740. The molecule has 0 spiro atoms. The average Bonchev–Trinajstić information content (AvgIpc) is 4.28. The predicted octanol–water partition coefficient (Wildman–Crippen LogP) is 16.6. The molecule has 6 aromatic rings. The van der Waals surface area contributed by atoms with Gasteiger partial charge in [-0.1, -0.05) is 114 Å². The van der Waals surface area contributed by atoms with Crippen LogP contribution < -0.4 is 9.47 Å². The summed E-state index contributed by atoms with van der Waals surface area (Å²) in [6.07, 6.45) is 34.7. The molecule has 3 unspecified atom stereocenters. The number of terminal acetylenes is 4. The number of alkyl halides is 1. The summed E-state index contributed by atoms with van der Waals surface area (Å²) in [5.41, 5.74) is 11.1. The third-order valence-electron chi connectivity index (χ3n) is 12.2. The van der Waals surface area contributed by atoms with E-state index in [0.29, 0.717) is 47.3 Å². The van der Waals surface area contributed by atoms with Crippen LogP contribution in [0.1, 0.15) is 227 Å². The molecule has 3 atom stereocenters. The van der Waals surface area contributed by atoms with E-state index >= 15 is 0 Å². The van der Waals surface area contributed by atoms with Crippen LogP contribution in [0.5, 0.6) is 11.8 Å². The maximum absolute atomic E-state index is 12.5. The molecule has 1 saturated carbocycles. The van der Waals surface area contributed by atoms with Gasteiger partial charge in [-0.05, 0) is 169 Å². The van der Waals surface area contributed by atoms with Crippen molar-refractivity contribution in [3.63, 3.8) is 0 Å². The number of rotatable bonds is 15. The Morgan fingerprint density at radius 3 is 1.17 bits per heavy atom. The monoisotopic (exact) mass is 1040 g/mol. The van der Waals surface area contributed by atoms with E-state index in [1.807, 2.05) is 73.9 Å². The molecule has 9 heteroatoms. The second-order valence-electron chi connectivity index (χ2n) is 20.9. The van der Waals surface area contributed by atoms with Crippen molar-refractivity contribution >= 4 is 0 Å². The molecule has 7 rings (SSSR count). The zero-order valence-electron chi connectivity index (χ0n) is 48.9. The summed E-state index contributed by atoms with van der Waals surface area (Å²) in [6.45, 7) is 32.1. The van der Waals surface area contributed by atoms with E-state index in [2.05, 4.69) is 162 Å². The van der Waals surface area contributed by atoms with E-state index in [1.54, 1.807) is 24.8 Å². The van der Waals surface area contributed by atoms with Crippen molar-refractivity contribution in [2.45, 2.75) is 177 Å². The molecule has 0 N–H and O–H groups in total. The van der Waals surface area contributed by atoms with Gasteiger partial charge in [-0.3, -0.25) is 9.97 Å². The number of aromatic nitrogens is 6. The van der Waals surface area contributed by atoms with Crippen LogP contribution in [0, 0.1) is 55.3 Å². The second-order valence-corrected chi connectivity index (χ2v) is 20.9. The molecule has 0 amide bonds. The third-order valence-corrected chi connectivity index (χ3v) is 12.2. The number of ether oxygens (including phenoxy) is 2. The van der Waals surface area contributed by atoms with E-state index in [-0.39, 0.29) is 18.4 Å². The molecular weight excluding hydrogens is 952 g/mol. The van der Waals surface area contributed by atoms with Crippen LogP contribution in [0.3, 0.4) is 0 Å². The third kappa shape index (κ3) is 25.8. The van der Waals surface area contributed by atoms with Crippen molar-refractivity contribution in [2.24, 2.45) is 5.92 Å². The zero-order chi connectivity index (χ0) is 57.5. The minimum absolute atomic E-state index is 0.0640. The number of pyridine rings is 6. The molecule has 0 bridgehead atoms. The minimum Gasteiger partial charge on any atom is -0.478 e. The van der Waals surface area contributed by atoms with Gasteiger partial charge in [0.2, 0.25) is 11.8 Å². The molecule has 0 radical (unpaired) electrons. The highest BCUT2D eigenvalue weighted by atomic mass is 19.1. The quantitative estimate of drug-likeness (QED) is 0.0939. The SMILES string of the molecule is C#CC(C)c1cc(C(C)C)ccn1.C#CC(c1cc(C(C)C)ccn1)C1CC1.C#Cc1cc(C(C)C)ccn1.C#Cc1cc(C(C)C)ccn1.CC(F)COc1cc(C(C)C)ccn1.CCCOc1cc(C(C)C)ccn1. The molecule has 6 aromatic heterocycles. The fourth-order valence-electron chi connectivity index (χ4n) is 6.94. The van der Waals surface area contributed by atoms with Crippen molar-refractivity contribution in [2.75, 3.05) is 13.2 Å². The van der Waals surface area contributed by atoms with E-state index < -0.39 is 6.17 Å². The van der Waals surface area contributed by atoms with Gasteiger partial charge in [-0.2, -0.15) is 0 Å². The Morgan fingerprint density at radius 1 is 0.468 bits per heavy atom. The highest BCUT2D eigenvalue weighted by Gasteiger charge is 2.32. The van der Waals surface area contributed by atoms with Gasteiger partial charge in [0, 0.05) is 49.3 Å². The van der Waals surface area contributed by atoms with E-state index in [1.165, 1.54) is 47.6 Å². The van der Waals surface area contributed by atoms with Crippen LogP contribution in [-0.2, 0) is 0 Å². The smallest absolute Gasteiger partial charge is 0.213 e. The van der Waals surface area contributed by atoms with Gasteiger partial charge in [0.15, 0.2) is 0 Å². The largest absolute Gasteiger partial charge is 0.478 e. The van der Waals surface area contributed by atoms with Crippen LogP contribution >= 0.6 is 0 Å². The first-order valence-corrected chi connectivity index (χ1v) is 27.2. The Balaban J connectivity index is 0.000000317. The summed E-state index contributed by atoms with van der Waals surface area (Å²) in [5.74, 6) is 16.0. The van der Waals surface area contributed by atoms with E-state index in [0.717, 1.165) is 47.2 Å². The number of halogens is 1. The molecule has 0 saturated heterocycles. The van der Waals surface area contributed by atoms with Gasteiger partial charge < -0.3 is 9.47 Å². The standard InChI is InChI=1S/C14H17N.C12H15N.C11H16FNO.C11H17NO.2C10H11N/c1-4-13(11-5-6-11)14-9-12(10(2)3)7-8-15-14;1-5-10(4)12-8-11(9(2)3)6-7-13-12;1-8(2)10-4-5-13-11(6-10)14-7-9(3)12;1-4-7-13-11-8-10(9(2)3)5-6-12-11;2*1-4-10-7-9(8(2)3)5-6-11-10/h1,7-11,13H,5-6H2,2-3H3;1,6-10H,2-4H3;4-6,8-9H,7H2,1-3H3;5-6,8-9H,4,7H2,1-3H3;2*1,5-8H,2-3H3. The van der Waals surface area contributed by atoms with Crippen molar-refractivity contribution in [1.29, 1.82) is 0 Å². The highest BCUT2D eigenvalue weighted by molar-refractivity contribution is 5.32. The Labute approximate surface area is 464 Å². The summed E-state index contributed by atoms with van der Waals surface area (Å²) >= 11 is 0. The first-order valence-electron chi connectivity index (χ1n) is 27.2. The van der Waals surface area contributed by atoms with Gasteiger partial charge in [-0.25, -0.2) is 24.3 Å². The second kappa shape index (κ2) is 35.8. The minimum atomic E-state index is -0.959. The maximum Gasteiger partial charge on any atom is 0.213 e. The van der Waals surface area contributed by atoms with Crippen molar-refractivity contribution in [3.05, 3.63) is 166 Å². The van der Waals surface area contributed by atoms with Crippen LogP contribution in [0.15, 0.2) is 110 Å². The molecule has 1 fully saturated rings. The van der Waals surface area contributed by atoms with Crippen LogP contribution in [-0.4, -0.2) is 49.3 Å². The van der Waals surface area contributed by atoms with Crippen LogP contribution in [0.25, 0.3) is 0 Å². The lowest BCUT2D eigenvalue weighted by atomic mass is 9.96. The van der Waals surface area contributed by atoms with Gasteiger partial charge in [0.25, 0.3) is 0 Å². The van der Waals surface area contributed by atoms with Crippen LogP contribution in [0.4, 0.5) is 4.39 Å². The lowest BCUT2D eigenvalue weighted by Gasteiger charge is -2.11. The Kier molecular flexibility index (Phi) is 30.6. The molecular formula is C68H87FN6O2. The molecule has 8 nitrogen and oxygen atoms in total. The molecule has 1 aliphatic rings. The average molecular weight is 1040 g/mol. The lowest BCUT2D eigenvalue weighted by Crippen LogP contribution is -2.09. The summed E-state index contributed by atoms with van der Waals surface area (Å²) in [7, 11) is 0. The molecule has 0 aliphatic heterocycles. The molecule has 1 aliphatic carbocycles. The predicted molar refractivity (Wildman–Crippen MR) is 319 cm³/mol. The van der Waals surface area contributed by atoms with Gasteiger partial charge >= 0.3 is 0 Å². The van der Waals surface area contributed by atoms with E-state index in [9.17, 15) is 4.39 Å². The molecule has 6 heterocycles. The summed E-state index contributed by atoms with van der Waals surface area (Å²) < 4.78 is 23.1. The van der Waals surface area contributed by atoms with Crippen LogP contribution in [0.2, 0.25) is 0 Å². The highest BCUT2D eigenvalue weighted by Crippen LogP contribution is 2.42. The Morgan fingerprint density at radius 2 is 0.818 bits per heavy atom. The Hall–Kier alpha value is -7.33. The van der Waals surface area contributed by atoms with Crippen molar-refractivity contribution < 1.29 is 13.9 Å². The zero-order valence-corrected chi connectivity index (χ0v) is 48.9. The van der Waals surface area contributed by atoms with Crippen molar-refractivity contribution in [3.8, 4) is 61.1 Å². The summed E-state index contributed by atoms with van der Waals surface area (Å²) in [5, 5.41) is 0. The summed E-state index contributed by atoms with van der Waals surface area (Å²) in [6, 6.07) is 24.1. The maximum atomic E-state index is 12.5. The molecule has 0 aromatic carbocycles. The topological polar surface area (TPSA) is 95.8 Å². The number of hydrogen-bond donors (Lipinski definition) is 0. The van der Waals surface area contributed by atoms with Crippen molar-refractivity contribution in [1.82, 2.24) is 29.9 Å². The fraction of sp³-hybridized carbons (Fsp3) is 0.441. The first-order chi connectivity index (χ1) is 36.7.